The Kier molecular flexibility index (Phi) is 6.16. The molecule has 2 aromatic heterocycles. The Hall–Kier alpha value is 1.35. The predicted octanol–water partition coefficient (Wildman–Crippen LogP) is 5.94. The summed E-state index contributed by atoms with van der Waals surface area (Å²) in [4.78, 5) is 18.7. The summed E-state index contributed by atoms with van der Waals surface area (Å²) < 4.78 is 3.56. The van der Waals surface area contributed by atoms with Gasteiger partial charge >= 0.3 is 177 Å². The molecule has 0 atom stereocenters. The van der Waals surface area contributed by atoms with Gasteiger partial charge in [0.25, 0.3) is 0 Å². The molecule has 0 nitrogen and oxygen atoms in total. The molecule has 0 N–H and O–H groups in total. The van der Waals surface area contributed by atoms with Crippen LogP contribution in [0.4, 0.5) is 0 Å². The SMILES string of the molecule is Cc1cc(C2(c3cc(C)[c]([Sn]([CH3])([CH3])[CH3])s3)CCSC2)s[c]1[Sn]([CH3])([CH3])[CH3]. The van der Waals surface area contributed by atoms with E-state index >= 15 is 0 Å². The Morgan fingerprint density at radius 3 is 1.52 bits per heavy atom. The summed E-state index contributed by atoms with van der Waals surface area (Å²) >= 11 is 2.49. The third kappa shape index (κ3) is 4.06. The molecular formula is C20H32S3Sn2. The molecule has 3 heterocycles. The fourth-order valence-electron chi connectivity index (χ4n) is 4.00. The second-order valence-electron chi connectivity index (χ2n) is 9.63. The van der Waals surface area contributed by atoms with E-state index in [2.05, 4.69) is 90.1 Å². The van der Waals surface area contributed by atoms with Gasteiger partial charge in [0.05, 0.1) is 0 Å². The van der Waals surface area contributed by atoms with Crippen LogP contribution >= 0.6 is 34.4 Å². The van der Waals surface area contributed by atoms with E-state index in [-0.39, 0.29) is 0 Å². The van der Waals surface area contributed by atoms with Crippen LogP contribution in [0.2, 0.25) is 29.6 Å². The van der Waals surface area contributed by atoms with Crippen LogP contribution in [0.25, 0.3) is 0 Å². The predicted molar refractivity (Wildman–Crippen MR) is 127 cm³/mol. The van der Waals surface area contributed by atoms with Gasteiger partial charge in [-0.05, 0) is 0 Å². The normalized spacial score (nSPS) is 18.1. The van der Waals surface area contributed by atoms with E-state index in [1.165, 1.54) is 17.9 Å². The van der Waals surface area contributed by atoms with E-state index < -0.39 is 36.8 Å². The molecule has 1 saturated heterocycles. The molecule has 0 radical (unpaired) electrons. The third-order valence-electron chi connectivity index (χ3n) is 5.16. The average Bonchev–Trinajstić information content (AvgIpc) is 3.14. The van der Waals surface area contributed by atoms with Crippen LogP contribution in [0.5, 0.6) is 0 Å². The van der Waals surface area contributed by atoms with Gasteiger partial charge in [-0.25, -0.2) is 0 Å². The molecule has 1 fully saturated rings. The van der Waals surface area contributed by atoms with Crippen LogP contribution in [0.1, 0.15) is 27.3 Å². The maximum absolute atomic E-state index is 2.57. The van der Waals surface area contributed by atoms with Crippen molar-refractivity contribution in [2.45, 2.75) is 55.3 Å². The number of rotatable bonds is 4. The summed E-state index contributed by atoms with van der Waals surface area (Å²) in [5, 5.41) is 0. The van der Waals surface area contributed by atoms with Gasteiger partial charge in [-0.15, -0.1) is 0 Å². The van der Waals surface area contributed by atoms with Crippen molar-refractivity contribution in [1.82, 2.24) is 0 Å². The van der Waals surface area contributed by atoms with E-state index in [0.717, 1.165) is 0 Å². The van der Waals surface area contributed by atoms with Crippen molar-refractivity contribution in [3.05, 3.63) is 33.0 Å². The Morgan fingerprint density at radius 2 is 1.24 bits per heavy atom. The molecule has 3 rings (SSSR count). The van der Waals surface area contributed by atoms with Crippen molar-refractivity contribution < 1.29 is 0 Å². The summed E-state index contributed by atoms with van der Waals surface area (Å²) in [6, 6.07) is 5.15. The van der Waals surface area contributed by atoms with Crippen LogP contribution in [-0.4, -0.2) is 48.3 Å². The number of hydrogen-bond acceptors (Lipinski definition) is 3. The van der Waals surface area contributed by atoms with Gasteiger partial charge < -0.3 is 0 Å². The first kappa shape index (κ1) is 21.1. The Labute approximate surface area is 175 Å². The maximum atomic E-state index is 2.57. The molecule has 0 bridgehead atoms. The summed E-state index contributed by atoms with van der Waals surface area (Å²) in [5.41, 5.74) is 3.48. The molecule has 0 aliphatic carbocycles. The van der Waals surface area contributed by atoms with Crippen LogP contribution < -0.4 is 5.79 Å². The minimum atomic E-state index is -2.02. The number of hydrogen-bond donors (Lipinski definition) is 0. The van der Waals surface area contributed by atoms with Crippen LogP contribution in [0.3, 0.4) is 0 Å². The zero-order chi connectivity index (χ0) is 18.6. The molecule has 138 valence electrons. The molecule has 0 amide bonds. The average molecular weight is 606 g/mol. The van der Waals surface area contributed by atoms with Crippen LogP contribution in [-0.2, 0) is 5.41 Å². The van der Waals surface area contributed by atoms with Crippen molar-refractivity contribution in [1.29, 1.82) is 0 Å². The van der Waals surface area contributed by atoms with E-state index in [0.29, 0.717) is 5.41 Å². The summed E-state index contributed by atoms with van der Waals surface area (Å²) in [6.45, 7) is 4.73. The van der Waals surface area contributed by atoms with Gasteiger partial charge in [-0.3, -0.25) is 0 Å². The third-order valence-corrected chi connectivity index (χ3v) is 28.9. The zero-order valence-electron chi connectivity index (χ0n) is 17.0. The summed E-state index contributed by atoms with van der Waals surface area (Å²) in [6.07, 6.45) is 1.33. The first-order valence-corrected chi connectivity index (χ1v) is 32.0. The van der Waals surface area contributed by atoms with Gasteiger partial charge in [0.2, 0.25) is 0 Å². The van der Waals surface area contributed by atoms with Crippen molar-refractivity contribution in [2.24, 2.45) is 0 Å². The number of thioether (sulfide) groups is 1. The van der Waals surface area contributed by atoms with Gasteiger partial charge in [0, 0.05) is 0 Å². The van der Waals surface area contributed by atoms with Crippen molar-refractivity contribution in [2.75, 3.05) is 11.5 Å². The van der Waals surface area contributed by atoms with Crippen molar-refractivity contribution >= 4 is 77.0 Å². The fraction of sp³-hybridized carbons (Fsp3) is 0.600. The van der Waals surface area contributed by atoms with E-state index in [9.17, 15) is 0 Å². The molecule has 1 aliphatic rings. The van der Waals surface area contributed by atoms with Gasteiger partial charge in [-0.1, -0.05) is 0 Å². The molecule has 0 unspecified atom stereocenters. The number of aryl methyl sites for hydroxylation is 2. The minimum absolute atomic E-state index is 0.306. The Bertz CT molecular complexity index is 706. The fourth-order valence-corrected chi connectivity index (χ4v) is 22.9. The second kappa shape index (κ2) is 7.31. The van der Waals surface area contributed by atoms with E-state index in [4.69, 9.17) is 0 Å². The Balaban J connectivity index is 2.13. The molecule has 25 heavy (non-hydrogen) atoms. The second-order valence-corrected chi connectivity index (χ2v) is 43.4. The molecule has 2 aromatic rings. The van der Waals surface area contributed by atoms with Crippen molar-refractivity contribution in [3.63, 3.8) is 0 Å². The van der Waals surface area contributed by atoms with Crippen LogP contribution in [0, 0.1) is 13.8 Å². The quantitative estimate of drug-likeness (QED) is 0.389. The van der Waals surface area contributed by atoms with Gasteiger partial charge in [0.15, 0.2) is 0 Å². The van der Waals surface area contributed by atoms with E-state index in [1.54, 1.807) is 26.7 Å². The number of thiophene rings is 2. The van der Waals surface area contributed by atoms with Gasteiger partial charge in [0.1, 0.15) is 0 Å². The van der Waals surface area contributed by atoms with Crippen molar-refractivity contribution in [3.8, 4) is 0 Å². The monoisotopic (exact) mass is 608 g/mol. The molecule has 0 aromatic carbocycles. The molecule has 5 heteroatoms. The molecule has 1 aliphatic heterocycles. The summed E-state index contributed by atoms with van der Waals surface area (Å²) in [5.74, 6) is 2.60. The van der Waals surface area contributed by atoms with Gasteiger partial charge in [-0.2, -0.15) is 0 Å². The first-order valence-electron chi connectivity index (χ1n) is 9.26. The topological polar surface area (TPSA) is 0 Å². The molecular weight excluding hydrogens is 574 g/mol. The first-order chi connectivity index (χ1) is 11.4. The zero-order valence-corrected chi connectivity index (χ0v) is 25.2. The Morgan fingerprint density at radius 1 is 0.800 bits per heavy atom. The summed E-state index contributed by atoms with van der Waals surface area (Å²) in [7, 11) is 0. The van der Waals surface area contributed by atoms with E-state index in [1.807, 2.05) is 0 Å². The van der Waals surface area contributed by atoms with Crippen LogP contribution in [0.15, 0.2) is 12.1 Å². The molecule has 0 saturated carbocycles. The standard InChI is InChI=1S/C14H14S3.6CH3.2Sn/c1-10-5-12(16-7-10)14(3-4-15-9-14)13-6-11(2)8-17-13;;;;;;;;/h5-6H,3-4,9H2,1-2H3;6*1H3;;. The molecule has 0 spiro atoms.